The molecule has 0 aromatic heterocycles. The van der Waals surface area contributed by atoms with Gasteiger partial charge >= 0.3 is 0 Å². The monoisotopic (exact) mass is 381 g/mol. The molecule has 0 aliphatic carbocycles. The molecular weight excluding hydrogens is 330 g/mol. The minimum atomic E-state index is 1.15. The van der Waals surface area contributed by atoms with Crippen molar-refractivity contribution in [2.45, 2.75) is 129 Å². The van der Waals surface area contributed by atoms with Crippen molar-refractivity contribution >= 4 is 10.2 Å². The molecule has 0 N–H and O–H groups in total. The van der Waals surface area contributed by atoms with Gasteiger partial charge in [-0.2, -0.15) is 0 Å². The second-order valence-corrected chi connectivity index (χ2v) is 9.34. The van der Waals surface area contributed by atoms with Gasteiger partial charge in [0.25, 0.3) is 0 Å². The molecule has 0 heterocycles. The van der Waals surface area contributed by atoms with Gasteiger partial charge < -0.3 is 4.48 Å². The van der Waals surface area contributed by atoms with Crippen molar-refractivity contribution in [2.75, 3.05) is 26.7 Å². The zero-order chi connectivity index (χ0) is 19.3. The van der Waals surface area contributed by atoms with Crippen molar-refractivity contribution in [3.8, 4) is 0 Å². The molecule has 0 saturated carbocycles. The van der Waals surface area contributed by atoms with Gasteiger partial charge in [-0.05, 0) is 32.1 Å². The average Bonchev–Trinajstić information content (AvgIpc) is 2.65. The van der Waals surface area contributed by atoms with Crippen LogP contribution >= 0.6 is 0 Å². The second kappa shape index (κ2) is 19.9. The standard InChI is InChI=1S/C24H51NSi/c1-4-6-8-10-11-12-13-14-15-16-17-19-22-25(3,23-20-24-26)21-18-9-7-5-2/h4-24H2,1-3H3/q+1. The number of nitrogens with zero attached hydrogens (tertiary/aromatic N) is 1. The first-order valence-electron chi connectivity index (χ1n) is 12.2. The Morgan fingerprint density at radius 1 is 0.462 bits per heavy atom. The fraction of sp³-hybridized carbons (Fsp3) is 1.00. The average molecular weight is 382 g/mol. The normalized spacial score (nSPS) is 13.8. The minimum absolute atomic E-state index is 1.15. The second-order valence-electron chi connectivity index (χ2n) is 8.84. The number of hydrogen-bond acceptors (Lipinski definition) is 0. The highest BCUT2D eigenvalue weighted by Crippen LogP contribution is 2.15. The summed E-state index contributed by atoms with van der Waals surface area (Å²) in [5.74, 6) is 0. The van der Waals surface area contributed by atoms with Crippen molar-refractivity contribution in [1.29, 1.82) is 0 Å². The molecule has 0 fully saturated rings. The fourth-order valence-corrected chi connectivity index (χ4v) is 4.21. The van der Waals surface area contributed by atoms with Gasteiger partial charge in [-0.1, -0.05) is 96.9 Å². The van der Waals surface area contributed by atoms with Crippen LogP contribution in [0.5, 0.6) is 0 Å². The first-order valence-corrected chi connectivity index (χ1v) is 12.9. The molecule has 0 aliphatic rings. The molecule has 26 heavy (non-hydrogen) atoms. The molecule has 0 bridgehead atoms. The van der Waals surface area contributed by atoms with E-state index in [-0.39, 0.29) is 0 Å². The molecule has 1 unspecified atom stereocenters. The van der Waals surface area contributed by atoms with Crippen molar-refractivity contribution < 1.29 is 4.48 Å². The molecule has 0 aromatic carbocycles. The Balaban J connectivity index is 3.61. The molecule has 1 atom stereocenters. The Kier molecular flexibility index (Phi) is 20.1. The summed E-state index contributed by atoms with van der Waals surface area (Å²) in [6.45, 7) is 8.76. The van der Waals surface area contributed by atoms with E-state index in [1.165, 1.54) is 133 Å². The number of hydrogen-bond donors (Lipinski definition) is 0. The Morgan fingerprint density at radius 2 is 0.769 bits per heavy atom. The van der Waals surface area contributed by atoms with Gasteiger partial charge in [-0.25, -0.2) is 0 Å². The Labute approximate surface area is 170 Å². The minimum Gasteiger partial charge on any atom is -0.326 e. The summed E-state index contributed by atoms with van der Waals surface area (Å²) in [5, 5.41) is 0. The predicted octanol–water partition coefficient (Wildman–Crippen LogP) is 7.69. The summed E-state index contributed by atoms with van der Waals surface area (Å²) in [4.78, 5) is 0. The topological polar surface area (TPSA) is 0 Å². The van der Waals surface area contributed by atoms with Crippen LogP contribution in [0, 0.1) is 0 Å². The van der Waals surface area contributed by atoms with E-state index in [1.807, 2.05) is 0 Å². The van der Waals surface area contributed by atoms with Crippen LogP contribution in [0.4, 0.5) is 0 Å². The third-order valence-corrected chi connectivity index (χ3v) is 6.33. The SMILES string of the molecule is CCCCCCCCCCCCCC[N+](C)(CCC[Si])CCCCCC. The molecule has 0 aliphatic heterocycles. The van der Waals surface area contributed by atoms with Gasteiger partial charge in [-0.15, -0.1) is 0 Å². The van der Waals surface area contributed by atoms with Gasteiger partial charge in [0.15, 0.2) is 0 Å². The van der Waals surface area contributed by atoms with Crippen LogP contribution in [0.1, 0.15) is 123 Å². The van der Waals surface area contributed by atoms with Crippen molar-refractivity contribution in [3.63, 3.8) is 0 Å². The van der Waals surface area contributed by atoms with Gasteiger partial charge in [-0.3, -0.25) is 0 Å². The first-order chi connectivity index (χ1) is 12.7. The van der Waals surface area contributed by atoms with Crippen LogP contribution in [0.3, 0.4) is 0 Å². The highest BCUT2D eigenvalue weighted by Gasteiger charge is 2.19. The molecule has 0 aromatic rings. The van der Waals surface area contributed by atoms with Gasteiger partial charge in [0.05, 0.1) is 26.7 Å². The van der Waals surface area contributed by atoms with E-state index in [0.717, 1.165) is 6.04 Å². The largest absolute Gasteiger partial charge is 0.326 e. The quantitative estimate of drug-likeness (QED) is 0.109. The fourth-order valence-electron chi connectivity index (χ4n) is 4.05. The van der Waals surface area contributed by atoms with E-state index in [0.29, 0.717) is 0 Å². The van der Waals surface area contributed by atoms with Crippen molar-refractivity contribution in [3.05, 3.63) is 0 Å². The lowest BCUT2D eigenvalue weighted by atomic mass is 10.0. The maximum atomic E-state index is 3.67. The van der Waals surface area contributed by atoms with Crippen molar-refractivity contribution in [1.82, 2.24) is 0 Å². The summed E-state index contributed by atoms with van der Waals surface area (Å²) in [7, 11) is 6.18. The van der Waals surface area contributed by atoms with Crippen LogP contribution in [-0.2, 0) is 0 Å². The summed E-state index contributed by atoms with van der Waals surface area (Å²) in [6, 6.07) is 1.15. The molecule has 3 radical (unpaired) electrons. The first kappa shape index (κ1) is 26.2. The predicted molar refractivity (Wildman–Crippen MR) is 121 cm³/mol. The van der Waals surface area contributed by atoms with E-state index >= 15 is 0 Å². The molecule has 155 valence electrons. The molecule has 0 amide bonds. The highest BCUT2D eigenvalue weighted by molar-refractivity contribution is 6.08. The summed E-state index contributed by atoms with van der Waals surface area (Å²) in [5.41, 5.74) is 0. The zero-order valence-corrected chi connectivity index (χ0v) is 19.8. The molecule has 0 saturated heterocycles. The Hall–Kier alpha value is 0.177. The maximum Gasteiger partial charge on any atom is 0.0784 e. The van der Waals surface area contributed by atoms with E-state index < -0.39 is 0 Å². The lowest BCUT2D eigenvalue weighted by Gasteiger charge is -2.35. The van der Waals surface area contributed by atoms with Crippen LogP contribution in [-0.4, -0.2) is 41.4 Å². The summed E-state index contributed by atoms with van der Waals surface area (Å²) < 4.78 is 1.31. The van der Waals surface area contributed by atoms with Crippen LogP contribution in [0.15, 0.2) is 0 Å². The lowest BCUT2D eigenvalue weighted by Crippen LogP contribution is -2.46. The van der Waals surface area contributed by atoms with Crippen LogP contribution in [0.25, 0.3) is 0 Å². The lowest BCUT2D eigenvalue weighted by molar-refractivity contribution is -0.910. The van der Waals surface area contributed by atoms with E-state index in [2.05, 4.69) is 31.1 Å². The molecule has 1 nitrogen and oxygen atoms in total. The zero-order valence-electron chi connectivity index (χ0n) is 18.8. The van der Waals surface area contributed by atoms with Crippen LogP contribution < -0.4 is 0 Å². The van der Waals surface area contributed by atoms with Gasteiger partial charge in [0, 0.05) is 10.2 Å². The smallest absolute Gasteiger partial charge is 0.0784 e. The highest BCUT2D eigenvalue weighted by atomic mass is 28.1. The van der Waals surface area contributed by atoms with E-state index in [1.54, 1.807) is 0 Å². The maximum absolute atomic E-state index is 3.67. The van der Waals surface area contributed by atoms with Gasteiger partial charge in [0.2, 0.25) is 0 Å². The molecule has 0 rings (SSSR count). The Morgan fingerprint density at radius 3 is 1.15 bits per heavy atom. The van der Waals surface area contributed by atoms with Crippen molar-refractivity contribution in [2.24, 2.45) is 0 Å². The number of unbranched alkanes of at least 4 members (excludes halogenated alkanes) is 14. The Bertz CT molecular complexity index is 269. The number of quaternary nitrogens is 1. The molecular formula is C24H51NSi+. The van der Waals surface area contributed by atoms with E-state index in [4.69, 9.17) is 0 Å². The summed E-state index contributed by atoms with van der Waals surface area (Å²) in [6.07, 6.45) is 24.4. The third kappa shape index (κ3) is 17.6. The number of rotatable bonds is 21. The summed E-state index contributed by atoms with van der Waals surface area (Å²) >= 11 is 0. The molecule has 0 spiro atoms. The van der Waals surface area contributed by atoms with Crippen LogP contribution in [0.2, 0.25) is 6.04 Å². The van der Waals surface area contributed by atoms with Gasteiger partial charge in [0.1, 0.15) is 0 Å². The molecule has 2 heteroatoms. The van der Waals surface area contributed by atoms with E-state index in [9.17, 15) is 0 Å². The third-order valence-electron chi connectivity index (χ3n) is 5.98.